The Balaban J connectivity index is 2.69. The third-order valence-corrected chi connectivity index (χ3v) is 4.62. The molecule has 3 unspecified atom stereocenters. The SMILES string of the molecule is CNC1(C(N)=O)CCC(N(C)C(C)C(C)C)C1. The number of nitrogens with one attached hydrogen (secondary N) is 1. The van der Waals surface area contributed by atoms with Crippen LogP contribution in [0.1, 0.15) is 40.0 Å². The van der Waals surface area contributed by atoms with Crippen molar-refractivity contribution in [3.63, 3.8) is 0 Å². The summed E-state index contributed by atoms with van der Waals surface area (Å²) < 4.78 is 0. The van der Waals surface area contributed by atoms with Crippen molar-refractivity contribution in [3.8, 4) is 0 Å². The van der Waals surface area contributed by atoms with Crippen molar-refractivity contribution >= 4 is 5.91 Å². The second-order valence-corrected chi connectivity index (χ2v) is 5.74. The average molecular weight is 241 g/mol. The first kappa shape index (κ1) is 14.5. The summed E-state index contributed by atoms with van der Waals surface area (Å²) in [6.45, 7) is 6.71. The van der Waals surface area contributed by atoms with Crippen molar-refractivity contribution < 1.29 is 4.79 Å². The molecule has 4 nitrogen and oxygen atoms in total. The van der Waals surface area contributed by atoms with Crippen molar-refractivity contribution in [1.82, 2.24) is 10.2 Å². The van der Waals surface area contributed by atoms with Crippen molar-refractivity contribution in [3.05, 3.63) is 0 Å². The Kier molecular flexibility index (Phi) is 4.55. The molecule has 1 aliphatic rings. The molecular weight excluding hydrogens is 214 g/mol. The van der Waals surface area contributed by atoms with E-state index in [4.69, 9.17) is 5.73 Å². The number of nitrogens with two attached hydrogens (primary N) is 1. The van der Waals surface area contributed by atoms with Crippen LogP contribution in [-0.2, 0) is 4.79 Å². The zero-order valence-corrected chi connectivity index (χ0v) is 11.8. The fourth-order valence-corrected chi connectivity index (χ4v) is 2.74. The van der Waals surface area contributed by atoms with Crippen LogP contribution in [0.2, 0.25) is 0 Å². The summed E-state index contributed by atoms with van der Waals surface area (Å²) in [5.74, 6) is 0.409. The first-order valence-electron chi connectivity index (χ1n) is 6.55. The van der Waals surface area contributed by atoms with Crippen LogP contribution in [0.15, 0.2) is 0 Å². The summed E-state index contributed by atoms with van der Waals surface area (Å²) in [6.07, 6.45) is 2.71. The number of hydrogen-bond donors (Lipinski definition) is 2. The van der Waals surface area contributed by atoms with Crippen molar-refractivity contribution in [1.29, 1.82) is 0 Å². The Morgan fingerprint density at radius 2 is 2.06 bits per heavy atom. The van der Waals surface area contributed by atoms with E-state index in [1.165, 1.54) is 0 Å². The van der Waals surface area contributed by atoms with E-state index in [-0.39, 0.29) is 5.91 Å². The third-order valence-electron chi connectivity index (χ3n) is 4.62. The van der Waals surface area contributed by atoms with E-state index < -0.39 is 5.54 Å². The van der Waals surface area contributed by atoms with Gasteiger partial charge in [-0.05, 0) is 46.2 Å². The number of rotatable bonds is 5. The van der Waals surface area contributed by atoms with Gasteiger partial charge in [-0.2, -0.15) is 0 Å². The highest BCUT2D eigenvalue weighted by Gasteiger charge is 2.44. The second kappa shape index (κ2) is 5.36. The van der Waals surface area contributed by atoms with Crippen molar-refractivity contribution in [2.75, 3.05) is 14.1 Å². The molecule has 0 spiro atoms. The van der Waals surface area contributed by atoms with E-state index in [2.05, 4.69) is 38.0 Å². The number of hydrogen-bond acceptors (Lipinski definition) is 3. The predicted molar refractivity (Wildman–Crippen MR) is 70.7 cm³/mol. The number of carbonyl (C=O) groups excluding carboxylic acids is 1. The van der Waals surface area contributed by atoms with Gasteiger partial charge in [-0.1, -0.05) is 13.8 Å². The van der Waals surface area contributed by atoms with Gasteiger partial charge in [0.1, 0.15) is 0 Å². The Labute approximate surface area is 105 Å². The molecule has 1 saturated carbocycles. The van der Waals surface area contributed by atoms with Crippen LogP contribution in [0.4, 0.5) is 0 Å². The van der Waals surface area contributed by atoms with Crippen molar-refractivity contribution in [2.24, 2.45) is 11.7 Å². The average Bonchev–Trinajstić information content (AvgIpc) is 2.72. The van der Waals surface area contributed by atoms with E-state index in [0.717, 1.165) is 19.3 Å². The van der Waals surface area contributed by atoms with Crippen LogP contribution in [0.5, 0.6) is 0 Å². The molecule has 0 aromatic carbocycles. The molecule has 1 aliphatic carbocycles. The minimum Gasteiger partial charge on any atom is -0.368 e. The first-order valence-corrected chi connectivity index (χ1v) is 6.55. The molecule has 1 amide bonds. The smallest absolute Gasteiger partial charge is 0.237 e. The van der Waals surface area contributed by atoms with Crippen molar-refractivity contribution in [2.45, 2.75) is 57.7 Å². The highest BCUT2D eigenvalue weighted by Crippen LogP contribution is 2.33. The Bertz CT molecular complexity index is 280. The highest BCUT2D eigenvalue weighted by molar-refractivity contribution is 5.85. The molecular formula is C13H27N3O. The fraction of sp³-hybridized carbons (Fsp3) is 0.923. The first-order chi connectivity index (χ1) is 7.84. The van der Waals surface area contributed by atoms with Crippen LogP contribution in [0.3, 0.4) is 0 Å². The number of carbonyl (C=O) groups is 1. The molecule has 1 fully saturated rings. The van der Waals surface area contributed by atoms with Gasteiger partial charge in [-0.3, -0.25) is 4.79 Å². The lowest BCUT2D eigenvalue weighted by atomic mass is 9.96. The quantitative estimate of drug-likeness (QED) is 0.754. The number of nitrogens with zero attached hydrogens (tertiary/aromatic N) is 1. The molecule has 0 aliphatic heterocycles. The van der Waals surface area contributed by atoms with Gasteiger partial charge in [-0.25, -0.2) is 0 Å². The summed E-state index contributed by atoms with van der Waals surface area (Å²) >= 11 is 0. The summed E-state index contributed by atoms with van der Waals surface area (Å²) in [6, 6.07) is 0.980. The molecule has 0 bridgehead atoms. The Morgan fingerprint density at radius 3 is 2.41 bits per heavy atom. The normalized spacial score (nSPS) is 31.1. The zero-order valence-electron chi connectivity index (χ0n) is 11.8. The fourth-order valence-electron chi connectivity index (χ4n) is 2.74. The van der Waals surface area contributed by atoms with E-state index in [9.17, 15) is 4.79 Å². The van der Waals surface area contributed by atoms with Gasteiger partial charge < -0.3 is 16.0 Å². The molecule has 0 radical (unpaired) electrons. The van der Waals surface area contributed by atoms with Gasteiger partial charge in [0.15, 0.2) is 0 Å². The monoisotopic (exact) mass is 241 g/mol. The molecule has 1 rings (SSSR count). The molecule has 17 heavy (non-hydrogen) atoms. The molecule has 0 aromatic heterocycles. The maximum Gasteiger partial charge on any atom is 0.237 e. The lowest BCUT2D eigenvalue weighted by molar-refractivity contribution is -0.124. The van der Waals surface area contributed by atoms with E-state index in [1.54, 1.807) is 0 Å². The maximum atomic E-state index is 11.6. The van der Waals surface area contributed by atoms with Crippen LogP contribution < -0.4 is 11.1 Å². The van der Waals surface area contributed by atoms with Gasteiger partial charge >= 0.3 is 0 Å². The van der Waals surface area contributed by atoms with Crippen LogP contribution in [-0.4, -0.2) is 42.5 Å². The minimum atomic E-state index is -0.490. The number of likely N-dealkylation sites (N-methyl/N-ethyl adjacent to an activating group) is 1. The Hall–Kier alpha value is -0.610. The van der Waals surface area contributed by atoms with E-state index >= 15 is 0 Å². The summed E-state index contributed by atoms with van der Waals surface area (Å²) in [5.41, 5.74) is 5.03. The van der Waals surface area contributed by atoms with Gasteiger partial charge in [0.2, 0.25) is 5.91 Å². The van der Waals surface area contributed by atoms with E-state index in [0.29, 0.717) is 18.0 Å². The third kappa shape index (κ3) is 2.80. The molecule has 3 atom stereocenters. The molecule has 0 aromatic rings. The highest BCUT2D eigenvalue weighted by atomic mass is 16.1. The van der Waals surface area contributed by atoms with Crippen LogP contribution in [0, 0.1) is 5.92 Å². The Morgan fingerprint density at radius 1 is 1.47 bits per heavy atom. The number of primary amides is 1. The topological polar surface area (TPSA) is 58.4 Å². The van der Waals surface area contributed by atoms with Gasteiger partial charge in [0.05, 0.1) is 5.54 Å². The summed E-state index contributed by atoms with van der Waals surface area (Å²) in [7, 11) is 3.99. The van der Waals surface area contributed by atoms with Gasteiger partial charge in [-0.15, -0.1) is 0 Å². The lowest BCUT2D eigenvalue weighted by Crippen LogP contribution is -2.53. The lowest BCUT2D eigenvalue weighted by Gasteiger charge is -2.34. The predicted octanol–water partition coefficient (Wildman–Crippen LogP) is 0.959. The van der Waals surface area contributed by atoms with Crippen LogP contribution >= 0.6 is 0 Å². The second-order valence-electron chi connectivity index (χ2n) is 5.74. The summed E-state index contributed by atoms with van der Waals surface area (Å²) in [4.78, 5) is 14.0. The standard InChI is InChI=1S/C13H27N3O/c1-9(2)10(3)16(5)11-6-7-13(8-11,15-4)12(14)17/h9-11,15H,6-8H2,1-5H3,(H2,14,17). The van der Waals surface area contributed by atoms with Gasteiger partial charge in [0, 0.05) is 12.1 Å². The zero-order chi connectivity index (χ0) is 13.2. The summed E-state index contributed by atoms with van der Waals surface area (Å²) in [5, 5.41) is 3.13. The molecule has 4 heteroatoms. The molecule has 100 valence electrons. The molecule has 0 saturated heterocycles. The maximum absolute atomic E-state index is 11.6. The molecule has 3 N–H and O–H groups in total. The minimum absolute atomic E-state index is 0.215. The molecule has 0 heterocycles. The number of amides is 1. The van der Waals surface area contributed by atoms with E-state index in [1.807, 2.05) is 7.05 Å². The van der Waals surface area contributed by atoms with Crippen LogP contribution in [0.25, 0.3) is 0 Å². The largest absolute Gasteiger partial charge is 0.368 e. The van der Waals surface area contributed by atoms with Gasteiger partial charge in [0.25, 0.3) is 0 Å².